The standard InChI is InChI=1S/C41H55Cl2N7O6/c1-7-27(2)37(50-19-18-48(40(50)55)24-31-15-11-12-28(3)45-31)38(53)46-34(21-29-13-9-8-10-14-29)35(51)25-49(23-30-16-17-32(42)33(43)20-30)47-36(52)22-41(4,5)26-44-39(54)56-6/h8-17,20,27,34-35,37,51H,7,18-19,21-26H2,1-6H3,(H,44,54)(H,46,53)(H,47,52). The highest BCUT2D eigenvalue weighted by atomic mass is 35.5. The molecule has 1 saturated heterocycles. The minimum absolute atomic E-state index is 0.0343. The molecule has 2 aromatic carbocycles. The lowest BCUT2D eigenvalue weighted by atomic mass is 9.89. The Balaban J connectivity index is 1.57. The molecule has 4 N–H and O–H groups in total. The van der Waals surface area contributed by atoms with Crippen molar-refractivity contribution >= 4 is 47.1 Å². The van der Waals surface area contributed by atoms with Gasteiger partial charge in [-0.05, 0) is 60.1 Å². The van der Waals surface area contributed by atoms with Crippen LogP contribution in [0.4, 0.5) is 9.59 Å². The van der Waals surface area contributed by atoms with E-state index in [4.69, 9.17) is 23.2 Å². The van der Waals surface area contributed by atoms with E-state index in [9.17, 15) is 24.3 Å². The van der Waals surface area contributed by atoms with Gasteiger partial charge in [0, 0.05) is 44.8 Å². The summed E-state index contributed by atoms with van der Waals surface area (Å²) in [5.74, 6) is -0.913. The zero-order valence-corrected chi connectivity index (χ0v) is 34.6. The SMILES string of the molecule is CCC(C)C(C(=O)NC(Cc1ccccc1)C(O)CN(Cc1ccc(Cl)c(Cl)c1)NC(=O)CC(C)(C)CNC(=O)OC)N1CCN(Cc2cccc(C)n2)C1=O. The van der Waals surface area contributed by atoms with Gasteiger partial charge in [0.05, 0.1) is 41.5 Å². The topological polar surface area (TPSA) is 156 Å². The van der Waals surface area contributed by atoms with Crippen LogP contribution in [0.2, 0.25) is 10.0 Å². The van der Waals surface area contributed by atoms with Gasteiger partial charge in [0.25, 0.3) is 0 Å². The predicted molar refractivity (Wildman–Crippen MR) is 217 cm³/mol. The van der Waals surface area contributed by atoms with E-state index in [1.54, 1.807) is 33.0 Å². The third-order valence-electron chi connectivity index (χ3n) is 9.89. The number of carbonyl (C=O) groups excluding carboxylic acids is 4. The van der Waals surface area contributed by atoms with Crippen molar-refractivity contribution in [2.45, 2.75) is 85.2 Å². The molecule has 1 aromatic heterocycles. The second-order valence-electron chi connectivity index (χ2n) is 15.2. The first-order valence-electron chi connectivity index (χ1n) is 18.9. The van der Waals surface area contributed by atoms with Gasteiger partial charge in [-0.3, -0.25) is 20.0 Å². The van der Waals surface area contributed by atoms with Crippen LogP contribution in [-0.4, -0.2) is 100 Å². The van der Waals surface area contributed by atoms with Gasteiger partial charge in [-0.25, -0.2) is 14.6 Å². The number of carbonyl (C=O) groups is 4. The number of hydrazine groups is 1. The average molecular weight is 813 g/mol. The number of aromatic nitrogens is 1. The van der Waals surface area contributed by atoms with E-state index in [1.807, 2.05) is 83.1 Å². The van der Waals surface area contributed by atoms with Gasteiger partial charge in [-0.15, -0.1) is 0 Å². The first kappa shape index (κ1) is 44.3. The third-order valence-corrected chi connectivity index (χ3v) is 10.6. The number of hydrogen-bond donors (Lipinski definition) is 4. The lowest BCUT2D eigenvalue weighted by molar-refractivity contribution is -0.131. The molecule has 0 aliphatic carbocycles. The van der Waals surface area contributed by atoms with E-state index < -0.39 is 29.7 Å². The van der Waals surface area contributed by atoms with E-state index >= 15 is 0 Å². The number of aliphatic hydroxyl groups excluding tert-OH is 1. The van der Waals surface area contributed by atoms with Gasteiger partial charge >= 0.3 is 12.1 Å². The zero-order chi connectivity index (χ0) is 41.0. The Morgan fingerprint density at radius 1 is 1.02 bits per heavy atom. The quantitative estimate of drug-likeness (QED) is 0.112. The van der Waals surface area contributed by atoms with Crippen molar-refractivity contribution in [2.24, 2.45) is 11.3 Å². The van der Waals surface area contributed by atoms with Crippen LogP contribution in [-0.2, 0) is 33.8 Å². The number of methoxy groups -OCH3 is 1. The van der Waals surface area contributed by atoms with Crippen molar-refractivity contribution < 1.29 is 29.0 Å². The predicted octanol–water partition coefficient (Wildman–Crippen LogP) is 5.74. The lowest BCUT2D eigenvalue weighted by Gasteiger charge is -2.35. The Kier molecular flexibility index (Phi) is 16.3. The Labute approximate surface area is 340 Å². The van der Waals surface area contributed by atoms with Crippen molar-refractivity contribution in [3.05, 3.63) is 99.3 Å². The largest absolute Gasteiger partial charge is 0.453 e. The van der Waals surface area contributed by atoms with E-state index in [-0.39, 0.29) is 56.2 Å². The highest BCUT2D eigenvalue weighted by Crippen LogP contribution is 2.25. The van der Waals surface area contributed by atoms with Crippen molar-refractivity contribution in [1.82, 2.24) is 35.9 Å². The molecule has 2 heterocycles. The van der Waals surface area contributed by atoms with Crippen molar-refractivity contribution in [1.29, 1.82) is 0 Å². The van der Waals surface area contributed by atoms with Crippen LogP contribution in [0.15, 0.2) is 66.7 Å². The van der Waals surface area contributed by atoms with Gasteiger partial charge < -0.3 is 30.3 Å². The Morgan fingerprint density at radius 2 is 1.75 bits per heavy atom. The molecule has 3 aromatic rings. The fourth-order valence-corrected chi connectivity index (χ4v) is 7.02. The summed E-state index contributed by atoms with van der Waals surface area (Å²) < 4.78 is 4.67. The summed E-state index contributed by atoms with van der Waals surface area (Å²) in [6, 6.07) is 18.5. The summed E-state index contributed by atoms with van der Waals surface area (Å²) >= 11 is 12.5. The molecule has 304 valence electrons. The normalized spacial score (nSPS) is 15.3. The molecule has 4 rings (SSSR count). The minimum atomic E-state index is -1.19. The number of ether oxygens (including phenoxy) is 1. The molecule has 0 bridgehead atoms. The summed E-state index contributed by atoms with van der Waals surface area (Å²) in [6.07, 6.45) is -0.835. The molecule has 56 heavy (non-hydrogen) atoms. The summed E-state index contributed by atoms with van der Waals surface area (Å²) in [4.78, 5) is 61.3. The fourth-order valence-electron chi connectivity index (χ4n) is 6.70. The smallest absolute Gasteiger partial charge is 0.406 e. The Bertz CT molecular complexity index is 1800. The lowest BCUT2D eigenvalue weighted by Crippen LogP contribution is -2.58. The maximum absolute atomic E-state index is 14.4. The number of alkyl carbamates (subject to hydrolysis) is 1. The van der Waals surface area contributed by atoms with Crippen molar-refractivity contribution in [2.75, 3.05) is 33.3 Å². The third kappa shape index (κ3) is 13.1. The molecule has 0 spiro atoms. The number of aliphatic hydroxyl groups is 1. The Morgan fingerprint density at radius 3 is 2.41 bits per heavy atom. The number of benzene rings is 2. The number of pyridine rings is 1. The van der Waals surface area contributed by atoms with Crippen LogP contribution >= 0.6 is 23.2 Å². The second-order valence-corrected chi connectivity index (χ2v) is 16.0. The number of aryl methyl sites for hydroxylation is 1. The van der Waals surface area contributed by atoms with Crippen LogP contribution in [0.3, 0.4) is 0 Å². The molecule has 1 aliphatic heterocycles. The molecule has 4 atom stereocenters. The highest BCUT2D eigenvalue weighted by Gasteiger charge is 2.41. The molecule has 5 amide bonds. The minimum Gasteiger partial charge on any atom is -0.453 e. The van der Waals surface area contributed by atoms with Gasteiger partial charge in [-0.2, -0.15) is 0 Å². The van der Waals surface area contributed by atoms with Gasteiger partial charge in [-0.1, -0.05) is 99.8 Å². The van der Waals surface area contributed by atoms with Crippen LogP contribution < -0.4 is 16.1 Å². The number of halogens is 2. The first-order valence-corrected chi connectivity index (χ1v) is 19.6. The highest BCUT2D eigenvalue weighted by molar-refractivity contribution is 6.42. The summed E-state index contributed by atoms with van der Waals surface area (Å²) in [6.45, 7) is 10.9. The zero-order valence-electron chi connectivity index (χ0n) is 33.1. The molecule has 0 saturated carbocycles. The maximum atomic E-state index is 14.4. The monoisotopic (exact) mass is 811 g/mol. The second kappa shape index (κ2) is 20.7. The molecule has 4 unspecified atom stereocenters. The van der Waals surface area contributed by atoms with Crippen molar-refractivity contribution in [3.63, 3.8) is 0 Å². The molecular weight excluding hydrogens is 757 g/mol. The number of hydrogen-bond acceptors (Lipinski definition) is 8. The fraction of sp³-hybridized carbons (Fsp3) is 0.488. The van der Waals surface area contributed by atoms with E-state index in [1.165, 1.54) is 7.11 Å². The summed E-state index contributed by atoms with van der Waals surface area (Å²) in [5, 5.41) is 20.0. The molecular formula is C41H55Cl2N7O6. The molecule has 0 radical (unpaired) electrons. The number of urea groups is 1. The van der Waals surface area contributed by atoms with Crippen LogP contribution in [0.25, 0.3) is 0 Å². The van der Waals surface area contributed by atoms with Crippen LogP contribution in [0, 0.1) is 18.3 Å². The molecule has 1 aliphatic rings. The van der Waals surface area contributed by atoms with E-state index in [2.05, 4.69) is 25.8 Å². The molecule has 13 nitrogen and oxygen atoms in total. The summed E-state index contributed by atoms with van der Waals surface area (Å²) in [5.41, 5.74) is 5.52. The molecule has 1 fully saturated rings. The van der Waals surface area contributed by atoms with E-state index in [0.29, 0.717) is 36.1 Å². The Hall–Kier alpha value is -4.43. The van der Waals surface area contributed by atoms with Crippen LogP contribution in [0.1, 0.15) is 63.1 Å². The average Bonchev–Trinajstić information content (AvgIpc) is 3.50. The number of nitrogens with zero attached hydrogens (tertiary/aromatic N) is 4. The van der Waals surface area contributed by atoms with Gasteiger partial charge in [0.2, 0.25) is 11.8 Å². The number of rotatable bonds is 19. The van der Waals surface area contributed by atoms with Crippen molar-refractivity contribution in [3.8, 4) is 0 Å². The van der Waals surface area contributed by atoms with Gasteiger partial charge in [0.1, 0.15) is 6.04 Å². The molecule has 15 heteroatoms. The maximum Gasteiger partial charge on any atom is 0.406 e. The van der Waals surface area contributed by atoms with Crippen LogP contribution in [0.5, 0.6) is 0 Å². The first-order chi connectivity index (χ1) is 26.6. The summed E-state index contributed by atoms with van der Waals surface area (Å²) in [7, 11) is 1.27. The van der Waals surface area contributed by atoms with E-state index in [0.717, 1.165) is 22.5 Å². The van der Waals surface area contributed by atoms with Gasteiger partial charge in [0.15, 0.2) is 0 Å². The number of amides is 5. The number of nitrogens with one attached hydrogen (secondary N) is 3.